The molecule has 3 rings (SSSR count). The van der Waals surface area contributed by atoms with Crippen LogP contribution in [0.25, 0.3) is 0 Å². The van der Waals surface area contributed by atoms with Gasteiger partial charge in [0.2, 0.25) is 11.8 Å². The zero-order valence-corrected chi connectivity index (χ0v) is 14.9. The lowest BCUT2D eigenvalue weighted by molar-refractivity contribution is -0.143. The lowest BCUT2D eigenvalue weighted by atomic mass is 9.74. The van der Waals surface area contributed by atoms with E-state index in [1.165, 1.54) is 6.42 Å². The molecule has 4 nitrogen and oxygen atoms in total. The Balaban J connectivity index is 1.69. The lowest BCUT2D eigenvalue weighted by Crippen LogP contribution is -2.56. The second kappa shape index (κ2) is 6.63. The van der Waals surface area contributed by atoms with Gasteiger partial charge in [-0.1, -0.05) is 12.5 Å². The average Bonchev–Trinajstić information content (AvgIpc) is 3.17. The minimum absolute atomic E-state index is 0.115. The van der Waals surface area contributed by atoms with Crippen LogP contribution >= 0.6 is 11.3 Å². The first-order valence-corrected chi connectivity index (χ1v) is 9.49. The Hall–Kier alpha value is -1.36. The normalized spacial score (nSPS) is 27.1. The van der Waals surface area contributed by atoms with E-state index in [4.69, 9.17) is 0 Å². The third kappa shape index (κ3) is 3.16. The number of carbonyl (C=O) groups excluding carboxylic acids is 2. The average molecular weight is 334 g/mol. The van der Waals surface area contributed by atoms with Crippen LogP contribution in [-0.2, 0) is 16.0 Å². The number of carbonyl (C=O) groups is 2. The van der Waals surface area contributed by atoms with E-state index in [1.807, 2.05) is 29.5 Å². The van der Waals surface area contributed by atoms with Crippen LogP contribution in [0.1, 0.15) is 43.9 Å². The molecule has 0 unspecified atom stereocenters. The number of piperidine rings is 1. The van der Waals surface area contributed by atoms with Crippen LogP contribution in [0.15, 0.2) is 17.5 Å². The van der Waals surface area contributed by atoms with Gasteiger partial charge in [-0.2, -0.15) is 0 Å². The third-order valence-electron chi connectivity index (χ3n) is 5.62. The zero-order chi connectivity index (χ0) is 16.4. The molecule has 0 bridgehead atoms. The highest BCUT2D eigenvalue weighted by Gasteiger charge is 2.50. The molecule has 1 aromatic rings. The van der Waals surface area contributed by atoms with E-state index in [-0.39, 0.29) is 11.3 Å². The molecule has 2 atom stereocenters. The van der Waals surface area contributed by atoms with Gasteiger partial charge >= 0.3 is 0 Å². The minimum atomic E-state index is 0.115. The maximum absolute atomic E-state index is 12.5. The van der Waals surface area contributed by atoms with Crippen LogP contribution in [0, 0.1) is 5.41 Å². The molecule has 0 aromatic carbocycles. The van der Waals surface area contributed by atoms with Gasteiger partial charge in [-0.05, 0) is 37.6 Å². The molecule has 1 aromatic heterocycles. The zero-order valence-electron chi connectivity index (χ0n) is 14.1. The van der Waals surface area contributed by atoms with Gasteiger partial charge < -0.3 is 9.80 Å². The van der Waals surface area contributed by atoms with Crippen molar-refractivity contribution in [2.75, 3.05) is 20.1 Å². The van der Waals surface area contributed by atoms with Gasteiger partial charge in [0, 0.05) is 42.9 Å². The fourth-order valence-corrected chi connectivity index (χ4v) is 5.19. The second-order valence-electron chi connectivity index (χ2n) is 6.96. The Morgan fingerprint density at radius 3 is 3.00 bits per heavy atom. The summed E-state index contributed by atoms with van der Waals surface area (Å²) in [6, 6.07) is 4.33. The molecule has 23 heavy (non-hydrogen) atoms. The molecule has 1 aliphatic carbocycles. The van der Waals surface area contributed by atoms with E-state index in [1.54, 1.807) is 11.3 Å². The van der Waals surface area contributed by atoms with Crippen LogP contribution < -0.4 is 0 Å². The van der Waals surface area contributed by atoms with Crippen molar-refractivity contribution in [3.63, 3.8) is 0 Å². The van der Waals surface area contributed by atoms with Crippen LogP contribution in [0.5, 0.6) is 0 Å². The number of hydrogen-bond acceptors (Lipinski definition) is 3. The van der Waals surface area contributed by atoms with E-state index in [9.17, 15) is 9.59 Å². The molecule has 2 fully saturated rings. The van der Waals surface area contributed by atoms with Crippen LogP contribution in [0.3, 0.4) is 0 Å². The van der Waals surface area contributed by atoms with Gasteiger partial charge in [0.1, 0.15) is 0 Å². The highest BCUT2D eigenvalue weighted by Crippen LogP contribution is 2.48. The Morgan fingerprint density at radius 2 is 2.30 bits per heavy atom. The molecular weight excluding hydrogens is 308 g/mol. The Bertz CT molecular complexity index is 572. The molecule has 2 amide bonds. The van der Waals surface area contributed by atoms with Crippen molar-refractivity contribution in [2.45, 2.75) is 51.5 Å². The molecule has 1 saturated carbocycles. The number of amides is 2. The number of fused-ring (bicyclic) bond motifs is 1. The van der Waals surface area contributed by atoms with Gasteiger partial charge in [-0.15, -0.1) is 11.3 Å². The summed E-state index contributed by atoms with van der Waals surface area (Å²) in [6.07, 6.45) is 5.46. The lowest BCUT2D eigenvalue weighted by Gasteiger charge is -2.47. The predicted molar refractivity (Wildman–Crippen MR) is 92.4 cm³/mol. The molecule has 2 heterocycles. The number of hydrogen-bond donors (Lipinski definition) is 0. The van der Waals surface area contributed by atoms with Gasteiger partial charge in [0.25, 0.3) is 0 Å². The Kier molecular flexibility index (Phi) is 4.76. The van der Waals surface area contributed by atoms with Crippen molar-refractivity contribution >= 4 is 23.2 Å². The minimum Gasteiger partial charge on any atom is -0.345 e. The molecule has 5 heteroatoms. The Morgan fingerprint density at radius 1 is 1.48 bits per heavy atom. The Labute approximate surface area is 142 Å². The van der Waals surface area contributed by atoms with Gasteiger partial charge in [0.15, 0.2) is 0 Å². The van der Waals surface area contributed by atoms with Crippen molar-refractivity contribution in [2.24, 2.45) is 5.41 Å². The van der Waals surface area contributed by atoms with Crippen molar-refractivity contribution < 1.29 is 9.59 Å². The second-order valence-corrected chi connectivity index (χ2v) is 7.99. The molecule has 126 valence electrons. The van der Waals surface area contributed by atoms with Gasteiger partial charge in [-0.3, -0.25) is 9.59 Å². The molecule has 2 aliphatic rings. The summed E-state index contributed by atoms with van der Waals surface area (Å²) in [5, 5.41) is 2.01. The first kappa shape index (κ1) is 16.5. The van der Waals surface area contributed by atoms with E-state index in [0.29, 0.717) is 24.8 Å². The highest BCUT2D eigenvalue weighted by atomic mass is 32.1. The monoisotopic (exact) mass is 334 g/mol. The topological polar surface area (TPSA) is 40.6 Å². The highest BCUT2D eigenvalue weighted by molar-refractivity contribution is 7.10. The third-order valence-corrected chi connectivity index (χ3v) is 6.49. The molecular formula is C18H26N2O2S. The number of likely N-dealkylation sites (tertiary alicyclic amines) is 1. The maximum atomic E-state index is 12.5. The molecule has 0 spiro atoms. The summed E-state index contributed by atoms with van der Waals surface area (Å²) < 4.78 is 0. The van der Waals surface area contributed by atoms with Crippen molar-refractivity contribution in [3.05, 3.63) is 22.4 Å². The summed E-state index contributed by atoms with van der Waals surface area (Å²) in [5.74, 6) is 0.481. The maximum Gasteiger partial charge on any atom is 0.227 e. The summed E-state index contributed by atoms with van der Waals surface area (Å²) >= 11 is 1.64. The van der Waals surface area contributed by atoms with Crippen LogP contribution in [-0.4, -0.2) is 47.8 Å². The largest absolute Gasteiger partial charge is 0.345 e. The number of nitrogens with zero attached hydrogens (tertiary/aromatic N) is 2. The van der Waals surface area contributed by atoms with E-state index < -0.39 is 0 Å². The van der Waals surface area contributed by atoms with E-state index in [0.717, 1.165) is 37.2 Å². The van der Waals surface area contributed by atoms with Crippen molar-refractivity contribution in [3.8, 4) is 0 Å². The molecule has 1 aliphatic heterocycles. The van der Waals surface area contributed by atoms with Gasteiger partial charge in [-0.25, -0.2) is 0 Å². The van der Waals surface area contributed by atoms with Crippen LogP contribution in [0.2, 0.25) is 0 Å². The summed E-state index contributed by atoms with van der Waals surface area (Å²) in [6.45, 7) is 3.64. The van der Waals surface area contributed by atoms with Crippen LogP contribution in [0.4, 0.5) is 0 Å². The molecule has 0 N–H and O–H groups in total. The fourth-order valence-electron chi connectivity index (χ4n) is 4.49. The first-order valence-electron chi connectivity index (χ1n) is 8.61. The van der Waals surface area contributed by atoms with Crippen molar-refractivity contribution in [1.29, 1.82) is 0 Å². The standard InChI is InChI=1S/C18H26N2O2S/c1-3-20-15-7-4-9-18(15,10-8-16(20)21)13-19(2)17(22)12-14-6-5-11-23-14/h5-6,11,15H,3-4,7-10,12-13H2,1-2H3/t15-,18+/m1/s1. The summed E-state index contributed by atoms with van der Waals surface area (Å²) in [7, 11) is 1.92. The smallest absolute Gasteiger partial charge is 0.227 e. The quantitative estimate of drug-likeness (QED) is 0.831. The number of likely N-dealkylation sites (N-methyl/N-ethyl adjacent to an activating group) is 1. The van der Waals surface area contributed by atoms with Gasteiger partial charge in [0.05, 0.1) is 6.42 Å². The SMILES string of the molecule is CCN1C(=O)CC[C@]2(CN(C)C(=O)Cc3cccs3)CCC[C@@H]12. The summed E-state index contributed by atoms with van der Waals surface area (Å²) in [5.41, 5.74) is 0.115. The predicted octanol–water partition coefficient (Wildman–Crippen LogP) is 2.93. The number of rotatable bonds is 5. The fraction of sp³-hybridized carbons (Fsp3) is 0.667. The summed E-state index contributed by atoms with van der Waals surface area (Å²) in [4.78, 5) is 29.8. The first-order chi connectivity index (χ1) is 11.1. The molecule has 0 radical (unpaired) electrons. The van der Waals surface area contributed by atoms with E-state index >= 15 is 0 Å². The molecule has 1 saturated heterocycles. The van der Waals surface area contributed by atoms with E-state index in [2.05, 4.69) is 11.8 Å². The number of thiophene rings is 1. The van der Waals surface area contributed by atoms with Crippen molar-refractivity contribution in [1.82, 2.24) is 9.80 Å².